The van der Waals surface area contributed by atoms with Crippen LogP contribution in [-0.4, -0.2) is 77.5 Å². The van der Waals surface area contributed by atoms with Gasteiger partial charge in [-0.3, -0.25) is 4.90 Å². The van der Waals surface area contributed by atoms with E-state index < -0.39 is 24.3 Å². The van der Waals surface area contributed by atoms with Crippen LogP contribution in [0.25, 0.3) is 0 Å². The molecule has 33 heavy (non-hydrogen) atoms. The Morgan fingerprint density at radius 3 is 1.82 bits per heavy atom. The number of likely N-dealkylation sites (tertiary alicyclic amines) is 2. The number of carbonyl (C=O) groups is 2. The predicted octanol–water partition coefficient (Wildman–Crippen LogP) is 4.52. The Bertz CT molecular complexity index is 760. The second kappa shape index (κ2) is 11.9. The number of carboxylic acids is 2. The minimum absolute atomic E-state index is 0.569. The van der Waals surface area contributed by atoms with Crippen LogP contribution in [0.5, 0.6) is 0 Å². The summed E-state index contributed by atoms with van der Waals surface area (Å²) in [6.07, 6.45) is -6.03. The van der Waals surface area contributed by atoms with Gasteiger partial charge in [0, 0.05) is 24.7 Å². The van der Waals surface area contributed by atoms with Crippen molar-refractivity contribution >= 4 is 23.5 Å². The fraction of sp³-hybridized carbons (Fsp3) is 0.600. The van der Waals surface area contributed by atoms with E-state index >= 15 is 0 Å². The number of benzene rings is 1. The number of alkyl halides is 6. The van der Waals surface area contributed by atoms with Crippen molar-refractivity contribution in [2.45, 2.75) is 38.2 Å². The summed E-state index contributed by atoms with van der Waals surface area (Å²) in [5, 5.41) is 15.1. The fourth-order valence-electron chi connectivity index (χ4n) is 3.78. The summed E-state index contributed by atoms with van der Waals surface area (Å²) < 4.78 is 63.5. The zero-order valence-corrected chi connectivity index (χ0v) is 18.5. The van der Waals surface area contributed by atoms with E-state index in [2.05, 4.69) is 29.0 Å². The van der Waals surface area contributed by atoms with Crippen molar-refractivity contribution in [2.75, 3.05) is 33.2 Å². The van der Waals surface area contributed by atoms with Crippen LogP contribution in [0.2, 0.25) is 5.02 Å². The van der Waals surface area contributed by atoms with Crippen LogP contribution in [0.4, 0.5) is 26.3 Å². The molecule has 0 aliphatic carbocycles. The zero-order valence-electron chi connectivity index (χ0n) is 17.7. The Morgan fingerprint density at radius 2 is 1.42 bits per heavy atom. The van der Waals surface area contributed by atoms with Gasteiger partial charge in [0.25, 0.3) is 0 Å². The van der Waals surface area contributed by atoms with Crippen LogP contribution in [0, 0.1) is 5.41 Å². The SMILES string of the molecule is CN1CCC2(CCCN(Cc3ccc(Cl)cc3)C2)C1.O=C(O)C(F)(F)F.O=C(O)C(F)(F)F. The van der Waals surface area contributed by atoms with E-state index in [1.54, 1.807) is 0 Å². The molecule has 1 unspecified atom stereocenters. The smallest absolute Gasteiger partial charge is 0.475 e. The molecular formula is C20H25ClF6N2O4. The summed E-state index contributed by atoms with van der Waals surface area (Å²) in [5.41, 5.74) is 1.95. The van der Waals surface area contributed by atoms with Crippen LogP contribution < -0.4 is 0 Å². The maximum Gasteiger partial charge on any atom is 0.490 e. The third-order valence-electron chi connectivity index (χ3n) is 5.17. The van der Waals surface area contributed by atoms with Crippen LogP contribution in [0.1, 0.15) is 24.8 Å². The van der Waals surface area contributed by atoms with E-state index in [9.17, 15) is 26.3 Å². The average Bonchev–Trinajstić information content (AvgIpc) is 3.03. The van der Waals surface area contributed by atoms with Crippen molar-refractivity contribution in [1.29, 1.82) is 0 Å². The maximum absolute atomic E-state index is 10.6. The highest BCUT2D eigenvalue weighted by Gasteiger charge is 2.40. The highest BCUT2D eigenvalue weighted by atomic mass is 35.5. The second-order valence-corrected chi connectivity index (χ2v) is 8.47. The quantitative estimate of drug-likeness (QED) is 0.574. The van der Waals surface area contributed by atoms with Crippen LogP contribution in [0.15, 0.2) is 24.3 Å². The van der Waals surface area contributed by atoms with E-state index in [0.29, 0.717) is 5.41 Å². The van der Waals surface area contributed by atoms with Gasteiger partial charge in [-0.15, -0.1) is 0 Å². The molecule has 1 spiro atoms. The molecular weight excluding hydrogens is 482 g/mol. The number of hydrogen-bond donors (Lipinski definition) is 2. The van der Waals surface area contributed by atoms with Crippen molar-refractivity contribution < 1.29 is 46.1 Å². The first-order valence-corrected chi connectivity index (χ1v) is 10.2. The monoisotopic (exact) mass is 506 g/mol. The summed E-state index contributed by atoms with van der Waals surface area (Å²) >= 11 is 5.95. The van der Waals surface area contributed by atoms with E-state index in [4.69, 9.17) is 31.4 Å². The van der Waals surface area contributed by atoms with Crippen LogP contribution in [-0.2, 0) is 16.1 Å². The number of rotatable bonds is 2. The number of nitrogens with zero attached hydrogens (tertiary/aromatic N) is 2. The zero-order chi connectivity index (χ0) is 25.4. The Hall–Kier alpha value is -2.05. The lowest BCUT2D eigenvalue weighted by atomic mass is 9.79. The molecule has 188 valence electrons. The first-order chi connectivity index (χ1) is 15.0. The molecule has 6 nitrogen and oxygen atoms in total. The lowest BCUT2D eigenvalue weighted by Gasteiger charge is -2.40. The first kappa shape index (κ1) is 29.0. The Balaban J connectivity index is 0.000000324. The molecule has 13 heteroatoms. The Kier molecular flexibility index (Phi) is 10.4. The van der Waals surface area contributed by atoms with Crippen molar-refractivity contribution in [1.82, 2.24) is 9.80 Å². The molecule has 3 rings (SSSR count). The fourth-order valence-corrected chi connectivity index (χ4v) is 3.91. The molecule has 0 aromatic heterocycles. The van der Waals surface area contributed by atoms with Crippen molar-refractivity contribution in [3.05, 3.63) is 34.9 Å². The molecule has 0 bridgehead atoms. The molecule has 2 heterocycles. The molecule has 2 fully saturated rings. The standard InChI is InChI=1S/C16H23ClN2.2C2HF3O2/c1-18-10-8-16(12-18)7-2-9-19(13-16)11-14-3-5-15(17)6-4-14;2*3-2(4,5)1(6)7/h3-6H,2,7-13H2,1H3;2*(H,6,7). The minimum Gasteiger partial charge on any atom is -0.475 e. The van der Waals surface area contributed by atoms with E-state index in [-0.39, 0.29) is 0 Å². The summed E-state index contributed by atoms with van der Waals surface area (Å²) in [5.74, 6) is -5.51. The number of carboxylic acid groups (broad SMARTS) is 2. The molecule has 2 aliphatic rings. The highest BCUT2D eigenvalue weighted by molar-refractivity contribution is 6.30. The second-order valence-electron chi connectivity index (χ2n) is 8.03. The van der Waals surface area contributed by atoms with Gasteiger partial charge in [0.05, 0.1) is 0 Å². The maximum atomic E-state index is 10.6. The van der Waals surface area contributed by atoms with E-state index in [0.717, 1.165) is 11.6 Å². The van der Waals surface area contributed by atoms with Crippen LogP contribution >= 0.6 is 11.6 Å². The normalized spacial score (nSPS) is 21.6. The lowest BCUT2D eigenvalue weighted by molar-refractivity contribution is -0.193. The van der Waals surface area contributed by atoms with Crippen LogP contribution in [0.3, 0.4) is 0 Å². The summed E-state index contributed by atoms with van der Waals surface area (Å²) in [6, 6.07) is 8.31. The van der Waals surface area contributed by atoms with Crippen molar-refractivity contribution in [3.8, 4) is 0 Å². The number of aliphatic carboxylic acids is 2. The van der Waals surface area contributed by atoms with Gasteiger partial charge in [0.2, 0.25) is 0 Å². The molecule has 0 radical (unpaired) electrons. The molecule has 1 aromatic carbocycles. The number of hydrogen-bond acceptors (Lipinski definition) is 4. The van der Waals surface area contributed by atoms with Crippen molar-refractivity contribution in [2.24, 2.45) is 5.41 Å². The number of halogens is 7. The van der Waals surface area contributed by atoms with Gasteiger partial charge in [-0.2, -0.15) is 26.3 Å². The highest BCUT2D eigenvalue weighted by Crippen LogP contribution is 2.38. The molecule has 0 amide bonds. The molecule has 0 saturated carbocycles. The van der Waals surface area contributed by atoms with Gasteiger partial charge < -0.3 is 15.1 Å². The molecule has 1 aromatic rings. The average molecular weight is 507 g/mol. The molecule has 2 aliphatic heterocycles. The van der Waals surface area contributed by atoms with Gasteiger partial charge in [0.1, 0.15) is 0 Å². The third kappa shape index (κ3) is 10.6. The third-order valence-corrected chi connectivity index (χ3v) is 5.43. The Morgan fingerprint density at radius 1 is 0.939 bits per heavy atom. The summed E-state index contributed by atoms with van der Waals surface area (Å²) in [7, 11) is 2.26. The first-order valence-electron chi connectivity index (χ1n) is 9.80. The minimum atomic E-state index is -5.08. The van der Waals surface area contributed by atoms with E-state index in [1.165, 1.54) is 51.0 Å². The van der Waals surface area contributed by atoms with Crippen molar-refractivity contribution in [3.63, 3.8) is 0 Å². The van der Waals surface area contributed by atoms with Gasteiger partial charge in [0.15, 0.2) is 0 Å². The predicted molar refractivity (Wildman–Crippen MR) is 108 cm³/mol. The molecule has 1 atom stereocenters. The lowest BCUT2D eigenvalue weighted by Crippen LogP contribution is -2.44. The summed E-state index contributed by atoms with van der Waals surface area (Å²) in [6.45, 7) is 6.13. The number of piperidine rings is 1. The molecule has 2 saturated heterocycles. The van der Waals surface area contributed by atoms with Gasteiger partial charge in [-0.25, -0.2) is 9.59 Å². The van der Waals surface area contributed by atoms with Gasteiger partial charge in [-0.1, -0.05) is 23.7 Å². The van der Waals surface area contributed by atoms with E-state index in [1.807, 2.05) is 12.1 Å². The van der Waals surface area contributed by atoms with Gasteiger partial charge in [-0.05, 0) is 62.5 Å². The largest absolute Gasteiger partial charge is 0.490 e. The van der Waals surface area contributed by atoms with Gasteiger partial charge >= 0.3 is 24.3 Å². The summed E-state index contributed by atoms with van der Waals surface area (Å²) in [4.78, 5) is 22.9. The Labute approximate surface area is 191 Å². The topological polar surface area (TPSA) is 81.1 Å². The molecule has 2 N–H and O–H groups in total.